The predicted octanol–water partition coefficient (Wildman–Crippen LogP) is 1.26. The van der Waals surface area contributed by atoms with E-state index in [9.17, 15) is 14.7 Å². The van der Waals surface area contributed by atoms with Crippen LogP contribution < -0.4 is 5.73 Å². The Balaban J connectivity index is 4.73. The van der Waals surface area contributed by atoms with Crippen molar-refractivity contribution in [3.63, 3.8) is 0 Å². The van der Waals surface area contributed by atoms with Crippen molar-refractivity contribution in [3.05, 3.63) is 12.2 Å². The highest BCUT2D eigenvalue weighted by Gasteiger charge is 2.37. The lowest BCUT2D eigenvalue weighted by Crippen LogP contribution is -2.45. The molecule has 3 atom stereocenters. The van der Waals surface area contributed by atoms with Gasteiger partial charge in [-0.25, -0.2) is 9.59 Å². The van der Waals surface area contributed by atoms with Crippen molar-refractivity contribution in [2.75, 3.05) is 6.61 Å². The third kappa shape index (κ3) is 7.42. The fourth-order valence-corrected chi connectivity index (χ4v) is 1.88. The molecule has 0 aliphatic carbocycles. The predicted molar refractivity (Wildman–Crippen MR) is 81.0 cm³/mol. The van der Waals surface area contributed by atoms with Gasteiger partial charge in [-0.05, 0) is 40.0 Å². The largest absolute Gasteiger partial charge is 0.452 e. The minimum Gasteiger partial charge on any atom is -0.452 e. The van der Waals surface area contributed by atoms with E-state index in [2.05, 4.69) is 6.58 Å². The first-order valence-corrected chi connectivity index (χ1v) is 7.26. The molecule has 7 nitrogen and oxygen atoms in total. The van der Waals surface area contributed by atoms with Crippen LogP contribution in [0.4, 0.5) is 4.79 Å². The second-order valence-electron chi connectivity index (χ2n) is 5.64. The summed E-state index contributed by atoms with van der Waals surface area (Å²) < 4.78 is 10.4. The number of hydrogen-bond acceptors (Lipinski definition) is 6. The van der Waals surface area contributed by atoms with Crippen LogP contribution in [0.5, 0.6) is 0 Å². The van der Waals surface area contributed by atoms with Gasteiger partial charge in [-0.3, -0.25) is 0 Å². The number of aliphatic hydroxyl groups is 2. The van der Waals surface area contributed by atoms with E-state index in [1.165, 1.54) is 6.92 Å². The van der Waals surface area contributed by atoms with Gasteiger partial charge in [0.25, 0.3) is 0 Å². The molecule has 0 rings (SSSR count). The van der Waals surface area contributed by atoms with Crippen molar-refractivity contribution < 1.29 is 29.3 Å². The van der Waals surface area contributed by atoms with E-state index in [4.69, 9.17) is 20.3 Å². The molecule has 22 heavy (non-hydrogen) atoms. The Morgan fingerprint density at radius 2 is 1.95 bits per heavy atom. The van der Waals surface area contributed by atoms with Crippen molar-refractivity contribution in [1.29, 1.82) is 0 Å². The van der Waals surface area contributed by atoms with Crippen LogP contribution in [-0.2, 0) is 14.3 Å². The van der Waals surface area contributed by atoms with Gasteiger partial charge in [-0.2, -0.15) is 0 Å². The Kier molecular flexibility index (Phi) is 8.74. The highest BCUT2D eigenvalue weighted by Crippen LogP contribution is 2.27. The number of carbonyl (C=O) groups excluding carboxylic acids is 2. The minimum absolute atomic E-state index is 0.244. The average Bonchev–Trinajstić information content (AvgIpc) is 2.42. The summed E-state index contributed by atoms with van der Waals surface area (Å²) in [6, 6.07) is 0. The number of unbranched alkanes of at least 4 members (excludes halogenated alkanes) is 1. The van der Waals surface area contributed by atoms with Crippen molar-refractivity contribution in [1.82, 2.24) is 0 Å². The molecule has 0 saturated heterocycles. The first-order valence-electron chi connectivity index (χ1n) is 7.26. The van der Waals surface area contributed by atoms with Gasteiger partial charge < -0.3 is 25.4 Å². The van der Waals surface area contributed by atoms with Gasteiger partial charge in [0.15, 0.2) is 0 Å². The van der Waals surface area contributed by atoms with Crippen molar-refractivity contribution in [2.24, 2.45) is 5.73 Å². The smallest absolute Gasteiger partial charge is 0.404 e. The normalized spacial score (nSPS) is 16.2. The molecule has 0 aliphatic heterocycles. The second-order valence-corrected chi connectivity index (χ2v) is 5.64. The van der Waals surface area contributed by atoms with Gasteiger partial charge in [0.1, 0.15) is 11.7 Å². The highest BCUT2D eigenvalue weighted by molar-refractivity contribution is 5.87. The molecular formula is C15H27NO6. The van der Waals surface area contributed by atoms with E-state index in [-0.39, 0.29) is 12.2 Å². The topological polar surface area (TPSA) is 119 Å². The maximum absolute atomic E-state index is 11.8. The average molecular weight is 317 g/mol. The molecule has 0 aliphatic rings. The summed E-state index contributed by atoms with van der Waals surface area (Å²) in [6.07, 6.45) is -0.334. The zero-order chi connectivity index (χ0) is 17.3. The molecule has 4 N–H and O–H groups in total. The lowest BCUT2D eigenvalue weighted by molar-refractivity contribution is -0.165. The maximum atomic E-state index is 11.8. The van der Waals surface area contributed by atoms with Gasteiger partial charge in [0, 0.05) is 5.57 Å². The van der Waals surface area contributed by atoms with Crippen LogP contribution in [0.15, 0.2) is 12.2 Å². The van der Waals surface area contributed by atoms with Crippen molar-refractivity contribution >= 4 is 12.1 Å². The van der Waals surface area contributed by atoms with Gasteiger partial charge in [-0.1, -0.05) is 13.0 Å². The van der Waals surface area contributed by atoms with E-state index < -0.39 is 29.9 Å². The van der Waals surface area contributed by atoms with Crippen LogP contribution in [0.3, 0.4) is 0 Å². The van der Waals surface area contributed by atoms with Gasteiger partial charge >= 0.3 is 12.1 Å². The SMILES string of the molecule is C=C(C)C(=O)OC(C)(CCCCC(O)CO)C(C)OC(N)=O. The quantitative estimate of drug-likeness (QED) is 0.317. The molecule has 0 fully saturated rings. The molecule has 0 radical (unpaired) electrons. The standard InChI is InChI=1S/C15H27NO6/c1-10(2)13(19)22-15(4,11(3)21-14(16)20)8-6-5-7-12(18)9-17/h11-12,17-18H,1,5-9H2,2-4H3,(H2,16,20). The Bertz CT molecular complexity index is 397. The molecule has 7 heteroatoms. The molecule has 0 aromatic heterocycles. The fraction of sp³-hybridized carbons (Fsp3) is 0.733. The number of ether oxygens (including phenoxy) is 2. The third-order valence-corrected chi connectivity index (χ3v) is 3.50. The number of primary amides is 1. The summed E-state index contributed by atoms with van der Waals surface area (Å²) in [6.45, 7) is 8.01. The molecule has 0 saturated carbocycles. The molecule has 0 bridgehead atoms. The molecular weight excluding hydrogens is 290 g/mol. The minimum atomic E-state index is -1.05. The van der Waals surface area contributed by atoms with Gasteiger partial charge in [0.2, 0.25) is 0 Å². The molecule has 1 amide bonds. The second kappa shape index (κ2) is 9.42. The lowest BCUT2D eigenvalue weighted by Gasteiger charge is -2.34. The highest BCUT2D eigenvalue weighted by atomic mass is 16.6. The third-order valence-electron chi connectivity index (χ3n) is 3.50. The Morgan fingerprint density at radius 3 is 2.41 bits per heavy atom. The Morgan fingerprint density at radius 1 is 1.36 bits per heavy atom. The van der Waals surface area contributed by atoms with E-state index >= 15 is 0 Å². The van der Waals surface area contributed by atoms with Gasteiger partial charge in [0.05, 0.1) is 12.7 Å². The number of hydrogen-bond donors (Lipinski definition) is 3. The molecule has 128 valence electrons. The van der Waals surface area contributed by atoms with Crippen LogP contribution >= 0.6 is 0 Å². The lowest BCUT2D eigenvalue weighted by atomic mass is 9.92. The summed E-state index contributed by atoms with van der Waals surface area (Å²) in [5.41, 5.74) is 4.21. The summed E-state index contributed by atoms with van der Waals surface area (Å²) in [5.74, 6) is -0.571. The number of carbonyl (C=O) groups is 2. The molecule has 0 aromatic carbocycles. The molecule has 3 unspecified atom stereocenters. The van der Waals surface area contributed by atoms with E-state index in [1.807, 2.05) is 0 Å². The molecule has 0 spiro atoms. The maximum Gasteiger partial charge on any atom is 0.404 e. The Labute approximate surface area is 131 Å². The van der Waals surface area contributed by atoms with Gasteiger partial charge in [-0.15, -0.1) is 0 Å². The van der Waals surface area contributed by atoms with E-state index in [0.29, 0.717) is 25.7 Å². The summed E-state index contributed by atoms with van der Waals surface area (Å²) >= 11 is 0. The number of aliphatic hydroxyl groups excluding tert-OH is 2. The zero-order valence-electron chi connectivity index (χ0n) is 13.5. The number of nitrogens with two attached hydrogens (primary N) is 1. The number of esters is 1. The summed E-state index contributed by atoms with van der Waals surface area (Å²) in [4.78, 5) is 22.7. The molecule has 0 heterocycles. The van der Waals surface area contributed by atoms with Crippen molar-refractivity contribution in [2.45, 2.75) is 64.3 Å². The van der Waals surface area contributed by atoms with Crippen LogP contribution in [0.25, 0.3) is 0 Å². The van der Waals surface area contributed by atoms with Crippen LogP contribution in [0.2, 0.25) is 0 Å². The molecule has 0 aromatic rings. The first kappa shape index (κ1) is 20.4. The van der Waals surface area contributed by atoms with Crippen LogP contribution in [0.1, 0.15) is 46.5 Å². The monoisotopic (exact) mass is 317 g/mol. The first-order chi connectivity index (χ1) is 10.1. The Hall–Kier alpha value is -1.60. The van der Waals surface area contributed by atoms with E-state index in [0.717, 1.165) is 0 Å². The van der Waals surface area contributed by atoms with E-state index in [1.54, 1.807) is 13.8 Å². The fourth-order valence-electron chi connectivity index (χ4n) is 1.88. The summed E-state index contributed by atoms with van der Waals surface area (Å²) in [5, 5.41) is 18.1. The number of amides is 1. The van der Waals surface area contributed by atoms with Crippen LogP contribution in [-0.4, -0.2) is 46.7 Å². The zero-order valence-corrected chi connectivity index (χ0v) is 13.5. The van der Waals surface area contributed by atoms with Crippen molar-refractivity contribution in [3.8, 4) is 0 Å². The van der Waals surface area contributed by atoms with Crippen LogP contribution in [0, 0.1) is 0 Å². The summed E-state index contributed by atoms with van der Waals surface area (Å²) in [7, 11) is 0. The number of rotatable bonds is 10.